The predicted octanol–water partition coefficient (Wildman–Crippen LogP) is 1.42. The quantitative estimate of drug-likeness (QED) is 0.766. The summed E-state index contributed by atoms with van der Waals surface area (Å²) in [5.41, 5.74) is 1.66. The predicted molar refractivity (Wildman–Crippen MR) is 101 cm³/mol. The zero-order chi connectivity index (χ0) is 20.0. The lowest BCUT2D eigenvalue weighted by Crippen LogP contribution is -2.43. The van der Waals surface area contributed by atoms with E-state index in [4.69, 9.17) is 9.47 Å². The smallest absolute Gasteiger partial charge is 0.325 e. The third kappa shape index (κ3) is 2.79. The summed E-state index contributed by atoms with van der Waals surface area (Å²) in [6, 6.07) is 12.5. The zero-order valence-corrected chi connectivity index (χ0v) is 15.6. The minimum Gasteiger partial charge on any atom is -0.454 e. The van der Waals surface area contributed by atoms with Crippen molar-refractivity contribution in [3.63, 3.8) is 0 Å². The molecular formula is C21H19N3O5. The van der Waals surface area contributed by atoms with Crippen LogP contribution < -0.4 is 20.1 Å². The third-order valence-corrected chi connectivity index (χ3v) is 5.65. The van der Waals surface area contributed by atoms with Crippen LogP contribution in [0.1, 0.15) is 23.1 Å². The van der Waals surface area contributed by atoms with Gasteiger partial charge in [0.25, 0.3) is 5.91 Å². The maximum absolute atomic E-state index is 13.1. The summed E-state index contributed by atoms with van der Waals surface area (Å²) in [6.45, 7) is 0.119. The van der Waals surface area contributed by atoms with Crippen molar-refractivity contribution >= 4 is 17.8 Å². The van der Waals surface area contributed by atoms with Crippen LogP contribution in [0.5, 0.6) is 11.5 Å². The Hall–Kier alpha value is -3.55. The molecule has 0 bridgehead atoms. The van der Waals surface area contributed by atoms with E-state index in [0.29, 0.717) is 24.3 Å². The Morgan fingerprint density at radius 1 is 1.14 bits per heavy atom. The first kappa shape index (κ1) is 17.5. The van der Waals surface area contributed by atoms with E-state index >= 15 is 0 Å². The molecule has 4 amide bonds. The van der Waals surface area contributed by atoms with Gasteiger partial charge in [0.15, 0.2) is 11.5 Å². The van der Waals surface area contributed by atoms with Crippen LogP contribution in [0.25, 0.3) is 0 Å². The molecule has 8 heteroatoms. The van der Waals surface area contributed by atoms with Crippen molar-refractivity contribution in [1.29, 1.82) is 0 Å². The monoisotopic (exact) mass is 393 g/mol. The Labute approximate surface area is 166 Å². The Kier molecular flexibility index (Phi) is 3.94. The number of urea groups is 1. The van der Waals surface area contributed by atoms with E-state index in [1.54, 1.807) is 12.1 Å². The number of imide groups is 1. The van der Waals surface area contributed by atoms with Gasteiger partial charge in [-0.15, -0.1) is 0 Å². The fourth-order valence-corrected chi connectivity index (χ4v) is 4.18. The van der Waals surface area contributed by atoms with Crippen LogP contribution in [-0.4, -0.2) is 36.1 Å². The fourth-order valence-electron chi connectivity index (χ4n) is 4.18. The van der Waals surface area contributed by atoms with Gasteiger partial charge in [0.1, 0.15) is 12.1 Å². The maximum Gasteiger partial charge on any atom is 0.325 e. The number of amides is 4. The Balaban J connectivity index is 1.26. The molecule has 0 unspecified atom stereocenters. The van der Waals surface area contributed by atoms with Crippen LogP contribution in [0, 0.1) is 0 Å². The number of carbonyl (C=O) groups excluding carboxylic acids is 3. The van der Waals surface area contributed by atoms with Crippen LogP contribution in [0.2, 0.25) is 0 Å². The van der Waals surface area contributed by atoms with E-state index < -0.39 is 17.5 Å². The van der Waals surface area contributed by atoms with E-state index in [1.807, 2.05) is 30.3 Å². The molecule has 5 rings (SSSR count). The molecule has 2 heterocycles. The van der Waals surface area contributed by atoms with Crippen molar-refractivity contribution < 1.29 is 23.9 Å². The second-order valence-electron chi connectivity index (χ2n) is 7.35. The number of fused-ring (bicyclic) bond motifs is 3. The van der Waals surface area contributed by atoms with Crippen LogP contribution >= 0.6 is 0 Å². The van der Waals surface area contributed by atoms with Gasteiger partial charge in [-0.05, 0) is 41.7 Å². The van der Waals surface area contributed by atoms with Gasteiger partial charge >= 0.3 is 6.03 Å². The van der Waals surface area contributed by atoms with Gasteiger partial charge in [-0.2, -0.15) is 0 Å². The molecule has 1 fully saturated rings. The molecule has 1 saturated heterocycles. The first-order chi connectivity index (χ1) is 14.1. The summed E-state index contributed by atoms with van der Waals surface area (Å²) >= 11 is 0. The van der Waals surface area contributed by atoms with E-state index in [9.17, 15) is 14.4 Å². The summed E-state index contributed by atoms with van der Waals surface area (Å²) in [6.07, 6.45) is 1.22. The average molecular weight is 393 g/mol. The number of nitrogens with zero attached hydrogens (tertiary/aromatic N) is 1. The molecule has 2 aliphatic heterocycles. The highest BCUT2D eigenvalue weighted by Crippen LogP contribution is 2.41. The maximum atomic E-state index is 13.1. The van der Waals surface area contributed by atoms with Crippen LogP contribution in [-0.2, 0) is 28.1 Å². The minimum atomic E-state index is -1.05. The van der Waals surface area contributed by atoms with Gasteiger partial charge < -0.3 is 20.1 Å². The van der Waals surface area contributed by atoms with E-state index in [-0.39, 0.29) is 25.8 Å². The number of aryl methyl sites for hydroxylation is 1. The summed E-state index contributed by atoms with van der Waals surface area (Å²) < 4.78 is 10.6. The molecule has 0 radical (unpaired) electrons. The molecule has 8 nitrogen and oxygen atoms in total. The van der Waals surface area contributed by atoms with Crippen LogP contribution in [0.4, 0.5) is 4.79 Å². The molecule has 2 aromatic rings. The summed E-state index contributed by atoms with van der Waals surface area (Å²) in [5.74, 6) is 0.523. The minimum absolute atomic E-state index is 0.183. The Morgan fingerprint density at radius 3 is 2.86 bits per heavy atom. The van der Waals surface area contributed by atoms with Crippen molar-refractivity contribution in [3.05, 3.63) is 59.2 Å². The second-order valence-corrected chi connectivity index (χ2v) is 7.35. The lowest BCUT2D eigenvalue weighted by Gasteiger charge is -2.22. The topological polar surface area (TPSA) is 97.0 Å². The van der Waals surface area contributed by atoms with Crippen LogP contribution in [0.15, 0.2) is 42.5 Å². The number of benzene rings is 2. The lowest BCUT2D eigenvalue weighted by atomic mass is 9.92. The molecular weight excluding hydrogens is 374 g/mol. The van der Waals surface area contributed by atoms with Crippen molar-refractivity contribution in [1.82, 2.24) is 15.5 Å². The average Bonchev–Trinajstić information content (AvgIpc) is 3.40. The first-order valence-electron chi connectivity index (χ1n) is 9.44. The van der Waals surface area contributed by atoms with Crippen molar-refractivity contribution in [3.8, 4) is 11.5 Å². The van der Waals surface area contributed by atoms with Crippen LogP contribution in [0.3, 0.4) is 0 Å². The molecule has 0 aromatic heterocycles. The number of carbonyl (C=O) groups is 3. The second kappa shape index (κ2) is 6.51. The van der Waals surface area contributed by atoms with Gasteiger partial charge in [0, 0.05) is 6.54 Å². The summed E-state index contributed by atoms with van der Waals surface area (Å²) in [5, 5.41) is 5.57. The molecule has 1 aliphatic carbocycles. The molecule has 3 aliphatic rings. The van der Waals surface area contributed by atoms with E-state index in [1.165, 1.54) is 0 Å². The van der Waals surface area contributed by atoms with Gasteiger partial charge in [-0.3, -0.25) is 14.5 Å². The molecule has 2 N–H and O–H groups in total. The number of ether oxygens (including phenoxy) is 2. The number of rotatable bonds is 4. The van der Waals surface area contributed by atoms with Gasteiger partial charge in [-0.25, -0.2) is 4.79 Å². The largest absolute Gasteiger partial charge is 0.454 e. The first-order valence-corrected chi connectivity index (χ1v) is 9.44. The summed E-state index contributed by atoms with van der Waals surface area (Å²) in [4.78, 5) is 39.0. The molecule has 148 valence electrons. The number of nitrogens with one attached hydrogen (secondary N) is 2. The molecule has 1 atom stereocenters. The third-order valence-electron chi connectivity index (χ3n) is 5.65. The zero-order valence-electron chi connectivity index (χ0n) is 15.6. The highest BCUT2D eigenvalue weighted by atomic mass is 16.7. The molecule has 1 spiro atoms. The van der Waals surface area contributed by atoms with Crippen molar-refractivity contribution in [2.75, 3.05) is 13.3 Å². The lowest BCUT2D eigenvalue weighted by molar-refractivity contribution is -0.135. The Morgan fingerprint density at radius 2 is 1.97 bits per heavy atom. The highest BCUT2D eigenvalue weighted by molar-refractivity contribution is 6.09. The van der Waals surface area contributed by atoms with Crippen molar-refractivity contribution in [2.45, 2.75) is 24.9 Å². The molecule has 0 saturated carbocycles. The molecule has 2 aromatic carbocycles. The van der Waals surface area contributed by atoms with E-state index in [2.05, 4.69) is 10.6 Å². The normalized spacial score (nSPS) is 21.4. The fraction of sp³-hybridized carbons (Fsp3) is 0.286. The number of hydrogen-bond donors (Lipinski definition) is 2. The Bertz CT molecular complexity index is 1040. The molecule has 29 heavy (non-hydrogen) atoms. The van der Waals surface area contributed by atoms with Crippen molar-refractivity contribution in [2.24, 2.45) is 0 Å². The SMILES string of the molecule is O=C(CN1C(=O)N[C@]2(CCc3ccccc32)C1=O)NCc1ccc2c(c1)OCO2. The van der Waals surface area contributed by atoms with Gasteiger partial charge in [-0.1, -0.05) is 30.3 Å². The van der Waals surface area contributed by atoms with Gasteiger partial charge in [0.05, 0.1) is 0 Å². The summed E-state index contributed by atoms with van der Waals surface area (Å²) in [7, 11) is 0. The van der Waals surface area contributed by atoms with E-state index in [0.717, 1.165) is 21.6 Å². The standard InChI is InChI=1S/C21H19N3O5/c25-18(22-10-13-5-6-16-17(9-13)29-12-28-16)11-24-19(26)21(23-20(24)27)8-7-14-3-1-2-4-15(14)21/h1-6,9H,7-8,10-12H2,(H,22,25)(H,23,27)/t21-/m0/s1. The number of hydrogen-bond acceptors (Lipinski definition) is 5. The van der Waals surface area contributed by atoms with Gasteiger partial charge in [0.2, 0.25) is 12.7 Å². The highest BCUT2D eigenvalue weighted by Gasteiger charge is 2.55.